The molecule has 0 radical (unpaired) electrons. The second kappa shape index (κ2) is 5.80. The molecule has 0 saturated heterocycles. The van der Waals surface area contributed by atoms with E-state index in [2.05, 4.69) is 0 Å². The van der Waals surface area contributed by atoms with Gasteiger partial charge in [0.25, 0.3) is 0 Å². The van der Waals surface area contributed by atoms with Crippen LogP contribution < -0.4 is 10.5 Å². The summed E-state index contributed by atoms with van der Waals surface area (Å²) >= 11 is 0. The van der Waals surface area contributed by atoms with Gasteiger partial charge >= 0.3 is 0 Å². The Kier molecular flexibility index (Phi) is 4.12. The van der Waals surface area contributed by atoms with E-state index in [-0.39, 0.29) is 5.56 Å². The highest BCUT2D eigenvalue weighted by atomic mass is 19.1. The van der Waals surface area contributed by atoms with E-state index < -0.39 is 17.7 Å². The van der Waals surface area contributed by atoms with Gasteiger partial charge in [0, 0.05) is 11.1 Å². The van der Waals surface area contributed by atoms with Crippen LogP contribution in [0.2, 0.25) is 0 Å². The molecule has 2 N–H and O–H groups in total. The zero-order valence-corrected chi connectivity index (χ0v) is 10.6. The molecule has 0 saturated carbocycles. The highest BCUT2D eigenvalue weighted by Crippen LogP contribution is 2.30. The van der Waals surface area contributed by atoms with Crippen molar-refractivity contribution in [2.45, 2.75) is 13.0 Å². The Balaban J connectivity index is 2.47. The summed E-state index contributed by atoms with van der Waals surface area (Å²) in [7, 11) is 0. The first-order chi connectivity index (χ1) is 9.15. The summed E-state index contributed by atoms with van der Waals surface area (Å²) in [5, 5.41) is 0. The lowest BCUT2D eigenvalue weighted by molar-refractivity contribution is 0.335. The third-order valence-corrected chi connectivity index (χ3v) is 2.86. The molecule has 0 bridgehead atoms. The monoisotopic (exact) mass is 263 g/mol. The van der Waals surface area contributed by atoms with Crippen LogP contribution in [0.25, 0.3) is 0 Å². The fourth-order valence-electron chi connectivity index (χ4n) is 1.99. The molecule has 0 amide bonds. The lowest BCUT2D eigenvalue weighted by atomic mass is 9.98. The van der Waals surface area contributed by atoms with Crippen molar-refractivity contribution in [3.8, 4) is 5.75 Å². The molecule has 0 aromatic heterocycles. The van der Waals surface area contributed by atoms with E-state index >= 15 is 0 Å². The first-order valence-electron chi connectivity index (χ1n) is 6.06. The van der Waals surface area contributed by atoms with E-state index in [0.29, 0.717) is 17.9 Å². The lowest BCUT2D eigenvalue weighted by Gasteiger charge is -2.17. The molecule has 1 atom stereocenters. The van der Waals surface area contributed by atoms with Crippen molar-refractivity contribution < 1.29 is 13.5 Å². The van der Waals surface area contributed by atoms with Gasteiger partial charge in [-0.3, -0.25) is 0 Å². The normalized spacial score (nSPS) is 12.2. The molecule has 100 valence electrons. The summed E-state index contributed by atoms with van der Waals surface area (Å²) in [5.41, 5.74) is 6.41. The van der Waals surface area contributed by atoms with Crippen LogP contribution in [-0.2, 0) is 0 Å². The first kappa shape index (κ1) is 13.5. The van der Waals surface area contributed by atoms with E-state index in [1.54, 1.807) is 24.3 Å². The average molecular weight is 263 g/mol. The highest BCUT2D eigenvalue weighted by Gasteiger charge is 2.20. The largest absolute Gasteiger partial charge is 0.494 e. The number of hydrogen-bond acceptors (Lipinski definition) is 2. The van der Waals surface area contributed by atoms with Gasteiger partial charge in [-0.25, -0.2) is 8.78 Å². The molecule has 4 heteroatoms. The molecule has 2 nitrogen and oxygen atoms in total. The van der Waals surface area contributed by atoms with Crippen LogP contribution in [0.1, 0.15) is 24.1 Å². The van der Waals surface area contributed by atoms with Gasteiger partial charge in [-0.2, -0.15) is 0 Å². The van der Waals surface area contributed by atoms with Crippen LogP contribution >= 0.6 is 0 Å². The number of nitrogens with two attached hydrogens (primary N) is 1. The number of ether oxygens (including phenoxy) is 1. The zero-order valence-electron chi connectivity index (χ0n) is 10.6. The summed E-state index contributed by atoms with van der Waals surface area (Å²) in [6.45, 7) is 2.30. The van der Waals surface area contributed by atoms with Crippen molar-refractivity contribution in [3.05, 3.63) is 65.2 Å². The molecule has 0 aliphatic carbocycles. The van der Waals surface area contributed by atoms with Gasteiger partial charge in [-0.1, -0.05) is 24.3 Å². The Bertz CT molecular complexity index is 552. The zero-order chi connectivity index (χ0) is 13.8. The molecule has 0 aliphatic heterocycles. The molecular formula is C15H15F2NO. The lowest BCUT2D eigenvalue weighted by Crippen LogP contribution is -2.16. The molecular weight excluding hydrogens is 248 g/mol. The van der Waals surface area contributed by atoms with E-state index in [1.165, 1.54) is 18.2 Å². The minimum Gasteiger partial charge on any atom is -0.494 e. The summed E-state index contributed by atoms with van der Waals surface area (Å²) in [4.78, 5) is 0. The van der Waals surface area contributed by atoms with Crippen molar-refractivity contribution in [2.75, 3.05) is 6.61 Å². The van der Waals surface area contributed by atoms with Gasteiger partial charge in [0.15, 0.2) is 0 Å². The maximum atomic E-state index is 13.7. The number of halogens is 2. The van der Waals surface area contributed by atoms with Gasteiger partial charge in [-0.05, 0) is 25.1 Å². The Labute approximate surface area is 110 Å². The second-order valence-corrected chi connectivity index (χ2v) is 4.08. The minimum atomic E-state index is -0.899. The fraction of sp³-hybridized carbons (Fsp3) is 0.200. The molecule has 0 aliphatic rings. The number of rotatable bonds is 4. The third-order valence-electron chi connectivity index (χ3n) is 2.86. The molecule has 0 heterocycles. The fourth-order valence-corrected chi connectivity index (χ4v) is 1.99. The predicted molar refractivity (Wildman–Crippen MR) is 70.0 cm³/mol. The summed E-state index contributed by atoms with van der Waals surface area (Å²) in [6.07, 6.45) is 0. The maximum absolute atomic E-state index is 13.7. The molecule has 19 heavy (non-hydrogen) atoms. The average Bonchev–Trinajstić information content (AvgIpc) is 2.39. The van der Waals surface area contributed by atoms with Crippen LogP contribution in [-0.4, -0.2) is 6.61 Å². The highest BCUT2D eigenvalue weighted by molar-refractivity contribution is 5.42. The predicted octanol–water partition coefficient (Wildman–Crippen LogP) is 3.41. The van der Waals surface area contributed by atoms with E-state index in [4.69, 9.17) is 10.5 Å². The maximum Gasteiger partial charge on any atom is 0.131 e. The van der Waals surface area contributed by atoms with Gasteiger partial charge in [0.1, 0.15) is 17.4 Å². The van der Waals surface area contributed by atoms with Crippen LogP contribution in [0.5, 0.6) is 5.75 Å². The van der Waals surface area contributed by atoms with Crippen LogP contribution in [0.4, 0.5) is 8.78 Å². The van der Waals surface area contributed by atoms with Crippen molar-refractivity contribution in [1.82, 2.24) is 0 Å². The molecule has 2 aromatic rings. The van der Waals surface area contributed by atoms with Crippen molar-refractivity contribution in [2.24, 2.45) is 5.73 Å². The molecule has 1 unspecified atom stereocenters. The molecule has 0 fully saturated rings. The van der Waals surface area contributed by atoms with Crippen LogP contribution in [0.15, 0.2) is 42.5 Å². The SMILES string of the molecule is CCOc1ccccc1C(N)c1c(F)cccc1F. The van der Waals surface area contributed by atoms with Gasteiger partial charge in [0.05, 0.1) is 12.6 Å². The van der Waals surface area contributed by atoms with Crippen molar-refractivity contribution in [3.63, 3.8) is 0 Å². The van der Waals surface area contributed by atoms with E-state index in [0.717, 1.165) is 0 Å². The first-order valence-corrected chi connectivity index (χ1v) is 6.06. The third kappa shape index (κ3) is 2.74. The Morgan fingerprint density at radius 3 is 2.32 bits per heavy atom. The molecule has 2 rings (SSSR count). The van der Waals surface area contributed by atoms with Crippen LogP contribution in [0.3, 0.4) is 0 Å². The quantitative estimate of drug-likeness (QED) is 0.917. The summed E-state index contributed by atoms with van der Waals surface area (Å²) in [6, 6.07) is 9.80. The van der Waals surface area contributed by atoms with Gasteiger partial charge in [0.2, 0.25) is 0 Å². The Hall–Kier alpha value is -1.94. The van der Waals surface area contributed by atoms with Gasteiger partial charge < -0.3 is 10.5 Å². The number of benzene rings is 2. The van der Waals surface area contributed by atoms with Crippen LogP contribution in [0, 0.1) is 11.6 Å². The Morgan fingerprint density at radius 2 is 1.68 bits per heavy atom. The summed E-state index contributed by atoms with van der Waals surface area (Å²) < 4.78 is 32.9. The van der Waals surface area contributed by atoms with E-state index in [1.807, 2.05) is 6.92 Å². The standard InChI is InChI=1S/C15H15F2NO/c1-2-19-13-9-4-3-6-10(13)15(18)14-11(16)7-5-8-12(14)17/h3-9,15H,2,18H2,1H3. The smallest absolute Gasteiger partial charge is 0.131 e. The Morgan fingerprint density at radius 1 is 1.05 bits per heavy atom. The van der Waals surface area contributed by atoms with E-state index in [9.17, 15) is 8.78 Å². The second-order valence-electron chi connectivity index (χ2n) is 4.08. The van der Waals surface area contributed by atoms with Gasteiger partial charge in [-0.15, -0.1) is 0 Å². The minimum absolute atomic E-state index is 0.144. The van der Waals surface area contributed by atoms with Crippen molar-refractivity contribution >= 4 is 0 Å². The number of hydrogen-bond donors (Lipinski definition) is 1. The number of para-hydroxylation sites is 1. The topological polar surface area (TPSA) is 35.2 Å². The summed E-state index contributed by atoms with van der Waals surface area (Å²) in [5.74, 6) is -0.766. The molecule has 2 aromatic carbocycles. The van der Waals surface area contributed by atoms with Crippen molar-refractivity contribution in [1.29, 1.82) is 0 Å². The molecule has 0 spiro atoms.